The fourth-order valence-corrected chi connectivity index (χ4v) is 5.24. The molecule has 1 amide bonds. The van der Waals surface area contributed by atoms with Crippen LogP contribution in [0.3, 0.4) is 0 Å². The van der Waals surface area contributed by atoms with Crippen LogP contribution >= 0.6 is 0 Å². The second-order valence-corrected chi connectivity index (χ2v) is 8.71. The van der Waals surface area contributed by atoms with Crippen LogP contribution in [0.5, 0.6) is 0 Å². The summed E-state index contributed by atoms with van der Waals surface area (Å²) in [7, 11) is 0. The number of nitrogens with one attached hydrogen (secondary N) is 1. The predicted molar refractivity (Wildman–Crippen MR) is 112 cm³/mol. The summed E-state index contributed by atoms with van der Waals surface area (Å²) in [5, 5.41) is 4.88. The third kappa shape index (κ3) is 3.76. The zero-order valence-electron chi connectivity index (χ0n) is 17.1. The Hall–Kier alpha value is -3.23. The molecule has 2 saturated carbocycles. The van der Waals surface area contributed by atoms with Crippen molar-refractivity contribution in [3.8, 4) is 11.3 Å². The lowest BCUT2D eigenvalue weighted by atomic mass is 9.86. The van der Waals surface area contributed by atoms with Crippen LogP contribution in [0.25, 0.3) is 22.0 Å². The molecule has 3 aromatic rings. The third-order valence-electron chi connectivity index (χ3n) is 6.69. The maximum atomic E-state index is 13.2. The van der Waals surface area contributed by atoms with Gasteiger partial charge in [-0.15, -0.1) is 9.89 Å². The summed E-state index contributed by atoms with van der Waals surface area (Å²) in [4.78, 5) is 29.9. The molecule has 3 atom stereocenters. The van der Waals surface area contributed by atoms with Crippen LogP contribution in [0.1, 0.15) is 37.8 Å². The van der Waals surface area contributed by atoms with Crippen molar-refractivity contribution < 1.29 is 18.0 Å². The zero-order valence-corrected chi connectivity index (χ0v) is 17.1. The Morgan fingerprint density at radius 2 is 1.91 bits per heavy atom. The molecule has 1 aromatic carbocycles. The van der Waals surface area contributed by atoms with E-state index >= 15 is 0 Å². The molecule has 0 aliphatic heterocycles. The molecule has 32 heavy (non-hydrogen) atoms. The number of hydrogen-bond donors (Lipinski definition) is 1. The van der Waals surface area contributed by atoms with Gasteiger partial charge in [0.2, 0.25) is 5.91 Å². The van der Waals surface area contributed by atoms with Crippen molar-refractivity contribution >= 4 is 16.7 Å². The highest BCUT2D eigenvalue weighted by atomic mass is 19.4. The highest BCUT2D eigenvalue weighted by molar-refractivity contribution is 5.94. The quantitative estimate of drug-likeness (QED) is 0.651. The number of alkyl halides is 3. The first kappa shape index (κ1) is 20.7. The Morgan fingerprint density at radius 3 is 2.59 bits per heavy atom. The van der Waals surface area contributed by atoms with Gasteiger partial charge in [0, 0.05) is 23.6 Å². The molecule has 166 valence electrons. The maximum absolute atomic E-state index is 13.2. The SMILES string of the molecule is O=C(C[C@H]1C[C@@H]2CC[C@H]1C2)Nn1nc(-c2ccnc(C(F)(F)F)c2)c2ccccc2c1=O. The molecule has 2 heterocycles. The molecule has 0 spiro atoms. The molecule has 0 radical (unpaired) electrons. The highest BCUT2D eigenvalue weighted by Gasteiger charge is 2.40. The van der Waals surface area contributed by atoms with Gasteiger partial charge < -0.3 is 0 Å². The summed E-state index contributed by atoms with van der Waals surface area (Å²) in [6.45, 7) is 0. The topological polar surface area (TPSA) is 76.9 Å². The normalized spacial score (nSPS) is 22.4. The second kappa shape index (κ2) is 7.72. The summed E-state index contributed by atoms with van der Waals surface area (Å²) in [5.74, 6) is 1.24. The standard InChI is InChI=1S/C23H21F3N4O2/c24-23(25,26)19-11-15(7-8-27-19)21-17-3-1-2-4-18(17)22(32)30(29-21)28-20(31)12-16-10-13-5-6-14(16)9-13/h1-4,7-8,11,13-14,16H,5-6,9-10,12H2,(H,28,31)/t13-,14+,16-/m1/s1. The fraction of sp³-hybridized carbons (Fsp3) is 0.391. The number of fused-ring (bicyclic) bond motifs is 3. The van der Waals surface area contributed by atoms with Gasteiger partial charge >= 0.3 is 6.18 Å². The first-order valence-electron chi connectivity index (χ1n) is 10.6. The zero-order chi connectivity index (χ0) is 22.5. The van der Waals surface area contributed by atoms with Gasteiger partial charge in [0.05, 0.1) is 5.39 Å². The minimum absolute atomic E-state index is 0.152. The van der Waals surface area contributed by atoms with Crippen molar-refractivity contribution in [2.24, 2.45) is 17.8 Å². The summed E-state index contributed by atoms with van der Waals surface area (Å²) < 4.78 is 39.5. The number of aromatic nitrogens is 3. The van der Waals surface area contributed by atoms with Crippen LogP contribution in [-0.4, -0.2) is 20.8 Å². The number of hydrogen-bond acceptors (Lipinski definition) is 4. The molecule has 2 aliphatic carbocycles. The maximum Gasteiger partial charge on any atom is 0.433 e. The number of rotatable bonds is 4. The molecule has 0 unspecified atom stereocenters. The Kier molecular flexibility index (Phi) is 4.98. The molecule has 1 N–H and O–H groups in total. The van der Waals surface area contributed by atoms with Crippen molar-refractivity contribution in [3.63, 3.8) is 0 Å². The Morgan fingerprint density at radius 1 is 1.12 bits per heavy atom. The van der Waals surface area contributed by atoms with Gasteiger partial charge in [-0.1, -0.05) is 24.6 Å². The minimum atomic E-state index is -4.62. The Bertz CT molecular complexity index is 1250. The van der Waals surface area contributed by atoms with Gasteiger partial charge in [0.15, 0.2) is 0 Å². The molecular formula is C23H21F3N4O2. The van der Waals surface area contributed by atoms with Crippen LogP contribution in [-0.2, 0) is 11.0 Å². The molecule has 2 aromatic heterocycles. The number of pyridine rings is 1. The molecule has 2 fully saturated rings. The minimum Gasteiger partial charge on any atom is -0.273 e. The molecule has 0 saturated heterocycles. The van der Waals surface area contributed by atoms with E-state index in [1.54, 1.807) is 24.3 Å². The molecule has 2 aliphatic rings. The van der Waals surface area contributed by atoms with E-state index in [-0.39, 0.29) is 22.6 Å². The van der Waals surface area contributed by atoms with Crippen LogP contribution < -0.4 is 11.0 Å². The van der Waals surface area contributed by atoms with Crippen LogP contribution in [0.4, 0.5) is 13.2 Å². The van der Waals surface area contributed by atoms with Crippen molar-refractivity contribution in [2.75, 3.05) is 5.43 Å². The third-order valence-corrected chi connectivity index (χ3v) is 6.69. The summed E-state index contributed by atoms with van der Waals surface area (Å²) in [6.07, 6.45) is 1.31. The Balaban J connectivity index is 1.51. The second-order valence-electron chi connectivity index (χ2n) is 8.71. The molecular weight excluding hydrogens is 421 g/mol. The average molecular weight is 442 g/mol. The summed E-state index contributed by atoms with van der Waals surface area (Å²) in [6, 6.07) is 8.80. The number of amides is 1. The first-order valence-corrected chi connectivity index (χ1v) is 10.6. The van der Waals surface area contributed by atoms with Crippen molar-refractivity contribution in [3.05, 3.63) is 58.6 Å². The lowest BCUT2D eigenvalue weighted by molar-refractivity contribution is -0.141. The Labute approximate surface area is 181 Å². The van der Waals surface area contributed by atoms with E-state index in [0.29, 0.717) is 29.6 Å². The van der Waals surface area contributed by atoms with Gasteiger partial charge in [0.1, 0.15) is 11.4 Å². The average Bonchev–Trinajstić information content (AvgIpc) is 3.38. The number of halogens is 3. The van der Waals surface area contributed by atoms with Gasteiger partial charge in [-0.3, -0.25) is 14.6 Å². The summed E-state index contributed by atoms with van der Waals surface area (Å²) in [5.41, 5.74) is 1.28. The van der Waals surface area contributed by atoms with E-state index in [1.807, 2.05) is 0 Å². The fourth-order valence-electron chi connectivity index (χ4n) is 5.24. The van der Waals surface area contributed by atoms with Gasteiger partial charge in [-0.25, -0.2) is 5.43 Å². The first-order chi connectivity index (χ1) is 15.3. The van der Waals surface area contributed by atoms with Gasteiger partial charge in [-0.05, 0) is 55.2 Å². The number of carbonyl (C=O) groups excluding carboxylic acids is 1. The smallest absolute Gasteiger partial charge is 0.273 e. The number of nitrogens with zero attached hydrogens (tertiary/aromatic N) is 3. The van der Waals surface area contributed by atoms with Crippen LogP contribution in [0.15, 0.2) is 47.4 Å². The van der Waals surface area contributed by atoms with E-state index in [9.17, 15) is 22.8 Å². The van der Waals surface area contributed by atoms with E-state index in [0.717, 1.165) is 29.9 Å². The van der Waals surface area contributed by atoms with E-state index in [1.165, 1.54) is 18.9 Å². The van der Waals surface area contributed by atoms with E-state index in [2.05, 4.69) is 15.5 Å². The molecule has 5 rings (SSSR count). The predicted octanol–water partition coefficient (Wildman–Crippen LogP) is 4.37. The summed E-state index contributed by atoms with van der Waals surface area (Å²) >= 11 is 0. The van der Waals surface area contributed by atoms with Gasteiger partial charge in [0.25, 0.3) is 5.56 Å². The van der Waals surface area contributed by atoms with Crippen molar-refractivity contribution in [2.45, 2.75) is 38.3 Å². The van der Waals surface area contributed by atoms with Crippen molar-refractivity contribution in [1.29, 1.82) is 0 Å². The van der Waals surface area contributed by atoms with E-state index < -0.39 is 17.4 Å². The van der Waals surface area contributed by atoms with Crippen LogP contribution in [0, 0.1) is 17.8 Å². The lowest BCUT2D eigenvalue weighted by Gasteiger charge is -2.21. The molecule has 2 bridgehead atoms. The van der Waals surface area contributed by atoms with E-state index in [4.69, 9.17) is 0 Å². The van der Waals surface area contributed by atoms with Crippen molar-refractivity contribution in [1.82, 2.24) is 14.9 Å². The van der Waals surface area contributed by atoms with Gasteiger partial charge in [-0.2, -0.15) is 13.2 Å². The number of benzene rings is 1. The lowest BCUT2D eigenvalue weighted by Crippen LogP contribution is -2.36. The highest BCUT2D eigenvalue weighted by Crippen LogP contribution is 2.49. The van der Waals surface area contributed by atoms with Crippen LogP contribution in [0.2, 0.25) is 0 Å². The molecule has 9 heteroatoms. The number of carbonyl (C=O) groups is 1. The monoisotopic (exact) mass is 442 g/mol. The largest absolute Gasteiger partial charge is 0.433 e. The molecule has 6 nitrogen and oxygen atoms in total.